The highest BCUT2D eigenvalue weighted by molar-refractivity contribution is 6.30. The average Bonchev–Trinajstić information content (AvgIpc) is 2.34. The predicted molar refractivity (Wildman–Crippen MR) is 78.6 cm³/mol. The first-order valence-corrected chi connectivity index (χ1v) is 7.10. The molecule has 0 amide bonds. The van der Waals surface area contributed by atoms with Crippen molar-refractivity contribution in [1.82, 2.24) is 4.90 Å². The minimum Gasteiger partial charge on any atom is -0.481 e. The summed E-state index contributed by atoms with van der Waals surface area (Å²) in [6, 6.07) is 8.02. The van der Waals surface area contributed by atoms with Crippen LogP contribution in [0, 0.1) is 0 Å². The second-order valence-electron chi connectivity index (χ2n) is 4.76. The maximum Gasteiger partial charge on any atom is 0.304 e. The lowest BCUT2D eigenvalue weighted by atomic mass is 10.00. The van der Waals surface area contributed by atoms with Crippen molar-refractivity contribution in [2.24, 2.45) is 0 Å². The van der Waals surface area contributed by atoms with Crippen LogP contribution in [0.3, 0.4) is 0 Å². The summed E-state index contributed by atoms with van der Waals surface area (Å²) in [5, 5.41) is 9.67. The van der Waals surface area contributed by atoms with Gasteiger partial charge < -0.3 is 5.11 Å². The SMILES string of the molecule is CCC(c1cccc(Cl)c1)N(CC)C(C)CC(=O)O. The van der Waals surface area contributed by atoms with Gasteiger partial charge in [0.25, 0.3) is 0 Å². The molecule has 0 aliphatic rings. The Balaban J connectivity index is 2.95. The number of carboxylic acid groups (broad SMARTS) is 1. The molecule has 2 atom stereocenters. The molecule has 0 fully saturated rings. The Morgan fingerprint density at radius 3 is 2.58 bits per heavy atom. The largest absolute Gasteiger partial charge is 0.481 e. The lowest BCUT2D eigenvalue weighted by molar-refractivity contribution is -0.138. The van der Waals surface area contributed by atoms with Crippen molar-refractivity contribution in [2.75, 3.05) is 6.54 Å². The van der Waals surface area contributed by atoms with Gasteiger partial charge in [-0.2, -0.15) is 0 Å². The molecule has 1 aromatic carbocycles. The summed E-state index contributed by atoms with van der Waals surface area (Å²) in [6.07, 6.45) is 1.09. The Bertz CT molecular complexity index is 422. The molecule has 0 bridgehead atoms. The Kier molecular flexibility index (Phi) is 6.32. The normalized spacial score (nSPS) is 14.4. The third-order valence-corrected chi connectivity index (χ3v) is 3.66. The second kappa shape index (κ2) is 7.51. The van der Waals surface area contributed by atoms with Gasteiger partial charge in [-0.1, -0.05) is 37.6 Å². The molecular formula is C15H22ClNO2. The van der Waals surface area contributed by atoms with Crippen molar-refractivity contribution < 1.29 is 9.90 Å². The molecule has 1 rings (SSSR count). The first-order chi connectivity index (χ1) is 8.99. The monoisotopic (exact) mass is 283 g/mol. The molecule has 19 heavy (non-hydrogen) atoms. The molecule has 0 saturated carbocycles. The first-order valence-electron chi connectivity index (χ1n) is 6.72. The zero-order valence-electron chi connectivity index (χ0n) is 11.8. The van der Waals surface area contributed by atoms with Crippen LogP contribution in [0.4, 0.5) is 0 Å². The minimum atomic E-state index is -0.758. The van der Waals surface area contributed by atoms with E-state index in [-0.39, 0.29) is 18.5 Å². The summed E-state index contributed by atoms with van der Waals surface area (Å²) in [5.41, 5.74) is 1.15. The molecule has 0 saturated heterocycles. The van der Waals surface area contributed by atoms with Crippen LogP contribution in [0.15, 0.2) is 24.3 Å². The van der Waals surface area contributed by atoms with Gasteiger partial charge in [-0.25, -0.2) is 0 Å². The number of rotatable bonds is 7. The van der Waals surface area contributed by atoms with E-state index in [0.29, 0.717) is 0 Å². The number of hydrogen-bond acceptors (Lipinski definition) is 2. The van der Waals surface area contributed by atoms with Gasteiger partial charge in [-0.05, 0) is 37.6 Å². The van der Waals surface area contributed by atoms with Gasteiger partial charge in [0.15, 0.2) is 0 Å². The summed E-state index contributed by atoms with van der Waals surface area (Å²) in [7, 11) is 0. The Hall–Kier alpha value is -1.06. The Morgan fingerprint density at radius 1 is 1.42 bits per heavy atom. The highest BCUT2D eigenvalue weighted by Crippen LogP contribution is 2.28. The number of aliphatic carboxylic acids is 1. The van der Waals surface area contributed by atoms with Crippen molar-refractivity contribution in [3.05, 3.63) is 34.9 Å². The van der Waals surface area contributed by atoms with E-state index >= 15 is 0 Å². The van der Waals surface area contributed by atoms with Crippen molar-refractivity contribution in [3.8, 4) is 0 Å². The fourth-order valence-electron chi connectivity index (χ4n) is 2.58. The summed E-state index contributed by atoms with van der Waals surface area (Å²) in [5.74, 6) is -0.758. The standard InChI is InChI=1S/C15H22ClNO2/c1-4-14(12-7-6-8-13(16)10-12)17(5-2)11(3)9-15(18)19/h6-8,10-11,14H,4-5,9H2,1-3H3,(H,18,19). The highest BCUT2D eigenvalue weighted by Gasteiger charge is 2.23. The van der Waals surface area contributed by atoms with Gasteiger partial charge in [0.2, 0.25) is 0 Å². The van der Waals surface area contributed by atoms with Crippen LogP contribution < -0.4 is 0 Å². The molecule has 1 N–H and O–H groups in total. The van der Waals surface area contributed by atoms with Crippen LogP contribution in [0.5, 0.6) is 0 Å². The van der Waals surface area contributed by atoms with E-state index in [4.69, 9.17) is 16.7 Å². The van der Waals surface area contributed by atoms with Crippen molar-refractivity contribution in [2.45, 2.75) is 45.7 Å². The third-order valence-electron chi connectivity index (χ3n) is 3.42. The lowest BCUT2D eigenvalue weighted by Gasteiger charge is -2.35. The molecule has 1 aromatic rings. The lowest BCUT2D eigenvalue weighted by Crippen LogP contribution is -2.37. The molecule has 106 valence electrons. The fourth-order valence-corrected chi connectivity index (χ4v) is 2.78. The highest BCUT2D eigenvalue weighted by atomic mass is 35.5. The van der Waals surface area contributed by atoms with Gasteiger partial charge in [0, 0.05) is 17.1 Å². The number of halogens is 1. The number of carbonyl (C=O) groups is 1. The van der Waals surface area contributed by atoms with Gasteiger partial charge in [0.1, 0.15) is 0 Å². The topological polar surface area (TPSA) is 40.5 Å². The Labute approximate surface area is 120 Å². The quantitative estimate of drug-likeness (QED) is 0.823. The number of carboxylic acids is 1. The third kappa shape index (κ3) is 4.51. The molecule has 0 spiro atoms. The first kappa shape index (κ1) is 16.0. The van der Waals surface area contributed by atoms with Crippen LogP contribution >= 0.6 is 11.6 Å². The summed E-state index contributed by atoms with van der Waals surface area (Å²) in [6.45, 7) is 6.96. The van der Waals surface area contributed by atoms with Crippen LogP contribution in [0.1, 0.15) is 45.2 Å². The molecule has 0 radical (unpaired) electrons. The van der Waals surface area contributed by atoms with Crippen LogP contribution in [0.2, 0.25) is 5.02 Å². The zero-order valence-corrected chi connectivity index (χ0v) is 12.5. The molecule has 0 heterocycles. The van der Waals surface area contributed by atoms with E-state index in [2.05, 4.69) is 24.8 Å². The minimum absolute atomic E-state index is 0.00596. The van der Waals surface area contributed by atoms with Crippen LogP contribution in [0.25, 0.3) is 0 Å². The van der Waals surface area contributed by atoms with Gasteiger partial charge in [-0.15, -0.1) is 0 Å². The average molecular weight is 284 g/mol. The van der Waals surface area contributed by atoms with Gasteiger partial charge >= 0.3 is 5.97 Å². The summed E-state index contributed by atoms with van der Waals surface area (Å²) < 4.78 is 0. The van der Waals surface area contributed by atoms with Crippen LogP contribution in [-0.4, -0.2) is 28.6 Å². The van der Waals surface area contributed by atoms with E-state index in [1.54, 1.807) is 0 Å². The molecule has 2 unspecified atom stereocenters. The molecule has 3 nitrogen and oxygen atoms in total. The smallest absolute Gasteiger partial charge is 0.304 e. The number of benzene rings is 1. The van der Waals surface area contributed by atoms with E-state index in [0.717, 1.165) is 23.6 Å². The molecule has 0 aliphatic carbocycles. The number of hydrogen-bond donors (Lipinski definition) is 1. The summed E-state index contributed by atoms with van der Waals surface area (Å²) in [4.78, 5) is 13.1. The molecule has 0 aliphatic heterocycles. The van der Waals surface area contributed by atoms with Gasteiger partial charge in [0.05, 0.1) is 6.42 Å². The van der Waals surface area contributed by atoms with E-state index in [9.17, 15) is 4.79 Å². The van der Waals surface area contributed by atoms with Gasteiger partial charge in [-0.3, -0.25) is 9.69 Å². The zero-order chi connectivity index (χ0) is 14.4. The summed E-state index contributed by atoms with van der Waals surface area (Å²) >= 11 is 6.05. The fraction of sp³-hybridized carbons (Fsp3) is 0.533. The van der Waals surface area contributed by atoms with E-state index in [1.807, 2.05) is 25.1 Å². The predicted octanol–water partition coefficient (Wildman–Crippen LogP) is 3.98. The van der Waals surface area contributed by atoms with Crippen molar-refractivity contribution >= 4 is 17.6 Å². The van der Waals surface area contributed by atoms with E-state index in [1.165, 1.54) is 0 Å². The number of nitrogens with zero attached hydrogens (tertiary/aromatic N) is 1. The van der Waals surface area contributed by atoms with E-state index < -0.39 is 5.97 Å². The molecule has 0 aromatic heterocycles. The van der Waals surface area contributed by atoms with Crippen LogP contribution in [-0.2, 0) is 4.79 Å². The molecule has 4 heteroatoms. The maximum absolute atomic E-state index is 10.9. The molecular weight excluding hydrogens is 262 g/mol. The second-order valence-corrected chi connectivity index (χ2v) is 5.19. The Morgan fingerprint density at radius 2 is 2.11 bits per heavy atom. The maximum atomic E-state index is 10.9. The van der Waals surface area contributed by atoms with Crippen molar-refractivity contribution in [3.63, 3.8) is 0 Å². The van der Waals surface area contributed by atoms with Crippen molar-refractivity contribution in [1.29, 1.82) is 0 Å².